The summed E-state index contributed by atoms with van der Waals surface area (Å²) in [5.41, 5.74) is 7.44. The molecule has 0 spiro atoms. The van der Waals surface area contributed by atoms with E-state index in [0.29, 0.717) is 18.2 Å². The summed E-state index contributed by atoms with van der Waals surface area (Å²) >= 11 is 0. The molecule has 3 saturated carbocycles. The molecule has 3 fully saturated rings. The van der Waals surface area contributed by atoms with Crippen LogP contribution in [0.2, 0.25) is 0 Å². The van der Waals surface area contributed by atoms with E-state index in [1.807, 2.05) is 0 Å². The lowest BCUT2D eigenvalue weighted by Crippen LogP contribution is -2.51. The quantitative estimate of drug-likeness (QED) is 0.754. The molecule has 0 aromatic heterocycles. The molecule has 0 heterocycles. The molecule has 0 aliphatic heterocycles. The maximum Gasteiger partial charge on any atom is 0.139 e. The van der Waals surface area contributed by atoms with E-state index < -0.39 is 10.8 Å². The maximum absolute atomic E-state index is 12.6. The normalized spacial score (nSPS) is 46.1. The van der Waals surface area contributed by atoms with Crippen molar-refractivity contribution in [3.05, 3.63) is 11.6 Å². The van der Waals surface area contributed by atoms with Crippen LogP contribution in [-0.2, 0) is 15.6 Å². The first-order valence-electron chi connectivity index (χ1n) is 10.7. The maximum atomic E-state index is 12.6. The third kappa shape index (κ3) is 2.78. The highest BCUT2D eigenvalue weighted by Crippen LogP contribution is 2.64. The van der Waals surface area contributed by atoms with Crippen molar-refractivity contribution >= 4 is 16.6 Å². The molecule has 0 saturated heterocycles. The third-order valence-electron chi connectivity index (χ3n) is 8.67. The SMILES string of the molecule is C[C@]12CC[C@@H]([S@](=O)CCCN)C=C1CCC1C2CC[C@]2(C)C(=O)CCC12. The van der Waals surface area contributed by atoms with Crippen LogP contribution in [-0.4, -0.2) is 27.5 Å². The van der Waals surface area contributed by atoms with Gasteiger partial charge < -0.3 is 5.73 Å². The van der Waals surface area contributed by atoms with Crippen molar-refractivity contribution in [1.82, 2.24) is 0 Å². The number of carbonyl (C=O) groups is 1. The summed E-state index contributed by atoms with van der Waals surface area (Å²) in [7, 11) is -0.766. The lowest BCUT2D eigenvalue weighted by molar-refractivity contribution is -0.132. The zero-order valence-electron chi connectivity index (χ0n) is 16.5. The molecule has 3 unspecified atom stereocenters. The van der Waals surface area contributed by atoms with Crippen molar-refractivity contribution in [2.75, 3.05) is 12.3 Å². The highest BCUT2D eigenvalue weighted by Gasteiger charge is 2.58. The van der Waals surface area contributed by atoms with E-state index in [-0.39, 0.29) is 16.1 Å². The standard InChI is InChI=1S/C22H35NO2S/c1-21-10-8-16(26(25)13-3-12-23)14-15(21)4-5-17-18-6-7-20(24)22(18,2)11-9-19(17)21/h14,16-19H,3-13,23H2,1-2H3/t16-,17?,18?,19?,21+,22+,26-/m1/s1. The second kappa shape index (κ2) is 6.84. The average molecular weight is 378 g/mol. The van der Waals surface area contributed by atoms with Gasteiger partial charge in [-0.2, -0.15) is 0 Å². The smallest absolute Gasteiger partial charge is 0.139 e. The zero-order chi connectivity index (χ0) is 18.5. The summed E-state index contributed by atoms with van der Waals surface area (Å²) < 4.78 is 12.6. The Kier molecular flexibility index (Phi) is 4.97. The highest BCUT2D eigenvalue weighted by atomic mass is 32.2. The first-order chi connectivity index (χ1) is 12.4. The molecule has 0 bridgehead atoms. The minimum absolute atomic E-state index is 0.0281. The number of rotatable bonds is 4. The number of Topliss-reactive ketones (excluding diaryl/α,β-unsaturated/α-hetero) is 1. The van der Waals surface area contributed by atoms with Gasteiger partial charge in [0.05, 0.1) is 5.25 Å². The molecule has 0 radical (unpaired) electrons. The Bertz CT molecular complexity index is 644. The van der Waals surface area contributed by atoms with Crippen LogP contribution in [0.15, 0.2) is 11.6 Å². The van der Waals surface area contributed by atoms with Crippen LogP contribution >= 0.6 is 0 Å². The largest absolute Gasteiger partial charge is 0.330 e. The van der Waals surface area contributed by atoms with Crippen LogP contribution < -0.4 is 5.73 Å². The first-order valence-corrected chi connectivity index (χ1v) is 12.1. The minimum Gasteiger partial charge on any atom is -0.330 e. The van der Waals surface area contributed by atoms with Crippen molar-refractivity contribution in [3.8, 4) is 0 Å². The lowest BCUT2D eigenvalue weighted by atomic mass is 9.47. The molecule has 2 N–H and O–H groups in total. The molecule has 4 rings (SSSR count). The van der Waals surface area contributed by atoms with Gasteiger partial charge >= 0.3 is 0 Å². The Morgan fingerprint density at radius 2 is 1.81 bits per heavy atom. The molecular weight excluding hydrogens is 342 g/mol. The van der Waals surface area contributed by atoms with Gasteiger partial charge in [0.2, 0.25) is 0 Å². The first kappa shape index (κ1) is 18.9. The van der Waals surface area contributed by atoms with E-state index in [4.69, 9.17) is 5.73 Å². The molecule has 3 nitrogen and oxygen atoms in total. The summed E-state index contributed by atoms with van der Waals surface area (Å²) in [6.45, 7) is 5.37. The molecule has 26 heavy (non-hydrogen) atoms. The number of carbonyl (C=O) groups excluding carboxylic acids is 1. The van der Waals surface area contributed by atoms with E-state index >= 15 is 0 Å². The number of fused-ring (bicyclic) bond motifs is 5. The van der Waals surface area contributed by atoms with Crippen LogP contribution in [0.1, 0.15) is 71.6 Å². The number of allylic oxidation sites excluding steroid dienone is 1. The Labute approximate surface area is 161 Å². The fraction of sp³-hybridized carbons (Fsp3) is 0.864. The van der Waals surface area contributed by atoms with Crippen LogP contribution in [0, 0.1) is 28.6 Å². The summed E-state index contributed by atoms with van der Waals surface area (Å²) in [5.74, 6) is 3.34. The van der Waals surface area contributed by atoms with Gasteiger partial charge in [0, 0.05) is 28.4 Å². The van der Waals surface area contributed by atoms with Crippen LogP contribution in [0.5, 0.6) is 0 Å². The third-order valence-corrected chi connectivity index (χ3v) is 10.4. The topological polar surface area (TPSA) is 60.2 Å². The number of nitrogens with two attached hydrogens (primary N) is 1. The van der Waals surface area contributed by atoms with Gasteiger partial charge in [0.25, 0.3) is 0 Å². The summed E-state index contributed by atoms with van der Waals surface area (Å²) in [6, 6.07) is 0. The lowest BCUT2D eigenvalue weighted by Gasteiger charge is -2.57. The van der Waals surface area contributed by atoms with Gasteiger partial charge in [-0.25, -0.2) is 0 Å². The molecule has 0 aromatic carbocycles. The molecule has 0 aromatic rings. The second-order valence-corrected chi connectivity index (χ2v) is 11.5. The van der Waals surface area contributed by atoms with E-state index in [1.165, 1.54) is 19.3 Å². The number of ketones is 1. The highest BCUT2D eigenvalue weighted by molar-refractivity contribution is 7.85. The summed E-state index contributed by atoms with van der Waals surface area (Å²) in [5, 5.41) is 0.239. The Morgan fingerprint density at radius 1 is 1.08 bits per heavy atom. The van der Waals surface area contributed by atoms with E-state index in [0.717, 1.165) is 56.1 Å². The average Bonchev–Trinajstić information content (AvgIpc) is 2.94. The van der Waals surface area contributed by atoms with Gasteiger partial charge in [-0.05, 0) is 81.1 Å². The van der Waals surface area contributed by atoms with Gasteiger partial charge in [-0.3, -0.25) is 9.00 Å². The van der Waals surface area contributed by atoms with Crippen molar-refractivity contribution in [2.24, 2.45) is 34.3 Å². The van der Waals surface area contributed by atoms with E-state index in [1.54, 1.807) is 5.57 Å². The predicted molar refractivity (Wildman–Crippen MR) is 107 cm³/mol. The van der Waals surface area contributed by atoms with Crippen molar-refractivity contribution in [1.29, 1.82) is 0 Å². The molecular formula is C22H35NO2S. The van der Waals surface area contributed by atoms with Crippen LogP contribution in [0.4, 0.5) is 0 Å². The van der Waals surface area contributed by atoms with Gasteiger partial charge in [-0.1, -0.05) is 25.5 Å². The van der Waals surface area contributed by atoms with Gasteiger partial charge in [0.15, 0.2) is 0 Å². The molecule has 0 amide bonds. The summed E-state index contributed by atoms with van der Waals surface area (Å²) in [6.07, 6.45) is 12.1. The molecule has 4 heteroatoms. The monoisotopic (exact) mass is 377 g/mol. The predicted octanol–water partition coefficient (Wildman–Crippen LogP) is 3.98. The van der Waals surface area contributed by atoms with Crippen LogP contribution in [0.3, 0.4) is 0 Å². The van der Waals surface area contributed by atoms with Crippen molar-refractivity contribution in [2.45, 2.75) is 76.9 Å². The van der Waals surface area contributed by atoms with Gasteiger partial charge in [0.1, 0.15) is 5.78 Å². The van der Waals surface area contributed by atoms with Crippen molar-refractivity contribution < 1.29 is 9.00 Å². The Hall–Kier alpha value is -0.480. The molecule has 7 atom stereocenters. The zero-order valence-corrected chi connectivity index (χ0v) is 17.3. The second-order valence-electron chi connectivity index (χ2n) is 9.75. The number of hydrogen-bond acceptors (Lipinski definition) is 3. The summed E-state index contributed by atoms with van der Waals surface area (Å²) in [4.78, 5) is 12.5. The molecule has 4 aliphatic rings. The van der Waals surface area contributed by atoms with Gasteiger partial charge in [-0.15, -0.1) is 0 Å². The Morgan fingerprint density at radius 3 is 2.58 bits per heavy atom. The van der Waals surface area contributed by atoms with E-state index in [2.05, 4.69) is 19.9 Å². The molecule has 4 aliphatic carbocycles. The Balaban J connectivity index is 1.56. The minimum atomic E-state index is -0.766. The fourth-order valence-electron chi connectivity index (χ4n) is 7.05. The van der Waals surface area contributed by atoms with E-state index in [9.17, 15) is 9.00 Å². The van der Waals surface area contributed by atoms with Crippen LogP contribution in [0.25, 0.3) is 0 Å². The van der Waals surface area contributed by atoms with Crippen molar-refractivity contribution in [3.63, 3.8) is 0 Å². The molecule has 146 valence electrons. The number of hydrogen-bond donors (Lipinski definition) is 1. The fourth-order valence-corrected chi connectivity index (χ4v) is 8.50.